The van der Waals surface area contributed by atoms with Crippen molar-refractivity contribution in [2.24, 2.45) is 0 Å². The zero-order valence-corrected chi connectivity index (χ0v) is 12.5. The number of hydrogen-bond donors (Lipinski definition) is 0. The average molecular weight is 274 g/mol. The Kier molecular flexibility index (Phi) is 4.00. The minimum absolute atomic E-state index is 0.0446. The molecule has 1 amide bonds. The second-order valence-electron chi connectivity index (χ2n) is 4.82. The van der Waals surface area contributed by atoms with Gasteiger partial charge in [0.05, 0.1) is 0 Å². The second kappa shape index (κ2) is 5.53. The minimum atomic E-state index is 0.0446. The molecular weight excluding hydrogens is 256 g/mol. The van der Waals surface area contributed by atoms with Crippen LogP contribution in [0.1, 0.15) is 0 Å². The van der Waals surface area contributed by atoms with Gasteiger partial charge in [-0.05, 0) is 35.3 Å². The average Bonchev–Trinajstić information content (AvgIpc) is 2.37. The monoisotopic (exact) mass is 274 g/mol. The fourth-order valence-electron chi connectivity index (χ4n) is 1.89. The molecule has 3 nitrogen and oxygen atoms in total. The van der Waals surface area contributed by atoms with Gasteiger partial charge in [0, 0.05) is 44.2 Å². The van der Waals surface area contributed by atoms with E-state index < -0.39 is 0 Å². The van der Waals surface area contributed by atoms with E-state index >= 15 is 0 Å². The zero-order chi connectivity index (χ0) is 14.0. The molecule has 0 heterocycles. The predicted molar refractivity (Wildman–Crippen MR) is 83.2 cm³/mol. The molecule has 100 valence electrons. The van der Waals surface area contributed by atoms with Crippen LogP contribution in [-0.4, -0.2) is 38.3 Å². The first kappa shape index (κ1) is 13.7. The number of thioether (sulfide) groups is 1. The molecule has 0 unspecified atom stereocenters. The van der Waals surface area contributed by atoms with Crippen molar-refractivity contribution in [3.8, 4) is 0 Å². The Morgan fingerprint density at radius 3 is 2.42 bits per heavy atom. The number of carbonyl (C=O) groups is 1. The Morgan fingerprint density at radius 1 is 1.05 bits per heavy atom. The van der Waals surface area contributed by atoms with Crippen molar-refractivity contribution in [3.63, 3.8) is 0 Å². The van der Waals surface area contributed by atoms with Crippen LogP contribution in [0.25, 0.3) is 10.8 Å². The second-order valence-corrected chi connectivity index (χ2v) is 5.84. The van der Waals surface area contributed by atoms with E-state index in [-0.39, 0.29) is 5.24 Å². The van der Waals surface area contributed by atoms with Crippen LogP contribution in [0.5, 0.6) is 0 Å². The van der Waals surface area contributed by atoms with E-state index in [0.29, 0.717) is 0 Å². The van der Waals surface area contributed by atoms with E-state index in [1.54, 1.807) is 19.0 Å². The lowest BCUT2D eigenvalue weighted by Gasteiger charge is -2.16. The van der Waals surface area contributed by atoms with Crippen LogP contribution in [0.15, 0.2) is 41.3 Å². The van der Waals surface area contributed by atoms with Gasteiger partial charge in [-0.15, -0.1) is 0 Å². The molecule has 0 saturated heterocycles. The summed E-state index contributed by atoms with van der Waals surface area (Å²) in [7, 11) is 7.60. The van der Waals surface area contributed by atoms with E-state index in [9.17, 15) is 4.79 Å². The van der Waals surface area contributed by atoms with E-state index in [4.69, 9.17) is 0 Å². The van der Waals surface area contributed by atoms with E-state index in [2.05, 4.69) is 29.2 Å². The number of anilines is 1. The summed E-state index contributed by atoms with van der Waals surface area (Å²) in [5, 5.41) is 2.40. The van der Waals surface area contributed by atoms with Crippen LogP contribution in [0.3, 0.4) is 0 Å². The van der Waals surface area contributed by atoms with Gasteiger partial charge in [-0.1, -0.05) is 18.2 Å². The number of carbonyl (C=O) groups excluding carboxylic acids is 1. The fourth-order valence-corrected chi connectivity index (χ4v) is 2.60. The molecule has 0 N–H and O–H groups in total. The standard InChI is InChI=1S/C15H18N2OS/c1-16(2)14-7-5-6-11-10-12(8-9-13(11)14)19-15(18)17(3)4/h5-10H,1-4H3. The molecule has 0 aliphatic heterocycles. The lowest BCUT2D eigenvalue weighted by atomic mass is 10.1. The number of nitrogens with zero attached hydrogens (tertiary/aromatic N) is 2. The molecule has 0 radical (unpaired) electrons. The van der Waals surface area contributed by atoms with Gasteiger partial charge in [-0.2, -0.15) is 0 Å². The summed E-state index contributed by atoms with van der Waals surface area (Å²) in [6.45, 7) is 0. The van der Waals surface area contributed by atoms with Crippen molar-refractivity contribution in [2.75, 3.05) is 33.1 Å². The van der Waals surface area contributed by atoms with Crippen molar-refractivity contribution >= 4 is 33.5 Å². The van der Waals surface area contributed by atoms with Crippen LogP contribution in [0.4, 0.5) is 10.5 Å². The Hall–Kier alpha value is -1.68. The van der Waals surface area contributed by atoms with Crippen molar-refractivity contribution in [1.82, 2.24) is 4.90 Å². The molecule has 0 bridgehead atoms. The molecule has 2 rings (SSSR count). The van der Waals surface area contributed by atoms with Crippen LogP contribution >= 0.6 is 11.8 Å². The predicted octanol–water partition coefficient (Wildman–Crippen LogP) is 3.68. The molecule has 0 saturated carbocycles. The molecule has 2 aromatic rings. The number of fused-ring (bicyclic) bond motifs is 1. The highest BCUT2D eigenvalue weighted by molar-refractivity contribution is 8.13. The largest absolute Gasteiger partial charge is 0.377 e. The van der Waals surface area contributed by atoms with E-state index in [0.717, 1.165) is 10.3 Å². The normalized spacial score (nSPS) is 10.5. The van der Waals surface area contributed by atoms with E-state index in [1.165, 1.54) is 22.8 Å². The molecule has 0 aromatic heterocycles. The summed E-state index contributed by atoms with van der Waals surface area (Å²) in [6, 6.07) is 12.4. The van der Waals surface area contributed by atoms with Crippen molar-refractivity contribution in [2.45, 2.75) is 4.90 Å². The maximum absolute atomic E-state index is 11.7. The molecular formula is C15H18N2OS. The third kappa shape index (κ3) is 3.01. The number of benzene rings is 2. The highest BCUT2D eigenvalue weighted by Gasteiger charge is 2.08. The van der Waals surface area contributed by atoms with Gasteiger partial charge in [0.15, 0.2) is 0 Å². The Morgan fingerprint density at radius 2 is 1.79 bits per heavy atom. The Balaban J connectivity index is 2.39. The van der Waals surface area contributed by atoms with Gasteiger partial charge in [0.25, 0.3) is 5.24 Å². The summed E-state index contributed by atoms with van der Waals surface area (Å²) >= 11 is 1.25. The quantitative estimate of drug-likeness (QED) is 0.780. The lowest BCUT2D eigenvalue weighted by Crippen LogP contribution is -2.15. The van der Waals surface area contributed by atoms with Crippen LogP contribution in [0, 0.1) is 0 Å². The fraction of sp³-hybridized carbons (Fsp3) is 0.267. The summed E-state index contributed by atoms with van der Waals surface area (Å²) in [4.78, 5) is 16.4. The highest BCUT2D eigenvalue weighted by Crippen LogP contribution is 2.30. The maximum Gasteiger partial charge on any atom is 0.285 e. The summed E-state index contributed by atoms with van der Waals surface area (Å²) < 4.78 is 0. The Bertz CT molecular complexity index is 608. The van der Waals surface area contributed by atoms with Gasteiger partial charge in [-0.3, -0.25) is 4.79 Å². The SMILES string of the molecule is CN(C)C(=O)Sc1ccc2c(N(C)C)cccc2c1. The third-order valence-corrected chi connectivity index (χ3v) is 3.91. The molecule has 4 heteroatoms. The summed E-state index contributed by atoms with van der Waals surface area (Å²) in [6.07, 6.45) is 0. The van der Waals surface area contributed by atoms with Crippen LogP contribution < -0.4 is 4.90 Å². The first-order chi connectivity index (χ1) is 8.99. The number of hydrogen-bond acceptors (Lipinski definition) is 3. The number of rotatable bonds is 2. The minimum Gasteiger partial charge on any atom is -0.377 e. The summed E-state index contributed by atoms with van der Waals surface area (Å²) in [5.74, 6) is 0. The first-order valence-electron chi connectivity index (χ1n) is 6.08. The Labute approximate surface area is 118 Å². The lowest BCUT2D eigenvalue weighted by molar-refractivity contribution is 0.241. The van der Waals surface area contributed by atoms with Crippen LogP contribution in [-0.2, 0) is 0 Å². The molecule has 0 atom stereocenters. The van der Waals surface area contributed by atoms with Crippen molar-refractivity contribution < 1.29 is 4.79 Å². The molecule has 0 spiro atoms. The third-order valence-electron chi connectivity index (χ3n) is 2.88. The smallest absolute Gasteiger partial charge is 0.285 e. The highest BCUT2D eigenvalue weighted by atomic mass is 32.2. The molecule has 0 aliphatic carbocycles. The van der Waals surface area contributed by atoms with Gasteiger partial charge < -0.3 is 9.80 Å². The molecule has 19 heavy (non-hydrogen) atoms. The first-order valence-corrected chi connectivity index (χ1v) is 6.90. The topological polar surface area (TPSA) is 23.6 Å². The van der Waals surface area contributed by atoms with Crippen molar-refractivity contribution in [1.29, 1.82) is 0 Å². The van der Waals surface area contributed by atoms with Gasteiger partial charge in [-0.25, -0.2) is 0 Å². The number of amides is 1. The van der Waals surface area contributed by atoms with Crippen molar-refractivity contribution in [3.05, 3.63) is 36.4 Å². The van der Waals surface area contributed by atoms with Gasteiger partial charge >= 0.3 is 0 Å². The molecule has 0 aliphatic rings. The van der Waals surface area contributed by atoms with Crippen LogP contribution in [0.2, 0.25) is 0 Å². The summed E-state index contributed by atoms with van der Waals surface area (Å²) in [5.41, 5.74) is 1.19. The van der Waals surface area contributed by atoms with Gasteiger partial charge in [0.2, 0.25) is 0 Å². The molecule has 2 aromatic carbocycles. The maximum atomic E-state index is 11.7. The van der Waals surface area contributed by atoms with E-state index in [1.807, 2.05) is 26.2 Å². The van der Waals surface area contributed by atoms with Gasteiger partial charge in [0.1, 0.15) is 0 Å². The molecule has 0 fully saturated rings. The zero-order valence-electron chi connectivity index (χ0n) is 11.7.